The lowest BCUT2D eigenvalue weighted by Gasteiger charge is -2.09. The number of carbonyl (C=O) groups is 1. The number of carbonyl (C=O) groups excluding carboxylic acids is 1. The molecule has 0 fully saturated rings. The molecule has 0 radical (unpaired) electrons. The molecule has 0 saturated heterocycles. The highest BCUT2D eigenvalue weighted by Crippen LogP contribution is 2.39. The predicted molar refractivity (Wildman–Crippen MR) is 164 cm³/mol. The quantitative estimate of drug-likeness (QED) is 0.215. The number of rotatable bonds is 8. The second kappa shape index (κ2) is 11.8. The maximum Gasteiger partial charge on any atom is 0.269 e. The number of pyridine rings is 2. The van der Waals surface area contributed by atoms with Crippen LogP contribution < -0.4 is 10.9 Å². The van der Waals surface area contributed by atoms with Gasteiger partial charge in [0, 0.05) is 39.3 Å². The molecule has 0 spiro atoms. The number of fused-ring (bicyclic) bond motifs is 1. The maximum absolute atomic E-state index is 13.6. The maximum atomic E-state index is 13.6. The van der Waals surface area contributed by atoms with Crippen molar-refractivity contribution < 1.29 is 22.0 Å². The Balaban J connectivity index is 1.24. The third kappa shape index (κ3) is 5.54. The van der Waals surface area contributed by atoms with Gasteiger partial charge < -0.3 is 9.88 Å². The number of benzene rings is 2. The molecule has 0 saturated carbocycles. The van der Waals surface area contributed by atoms with E-state index in [0.29, 0.717) is 26.4 Å². The standard InChI is InChI=1S/C31H21ClF2N4O4S2/c32-24-12-13-35-29-28(24)23(18-38(29)44(41,42)21-5-2-1-3-6-21)27-11-9-20(43-27)16-36-30(39)22-7-4-14-37(31(22)40)17-19-8-10-25(33)26(34)15-19/h1-15,18H,16-17H2,(H,36,39). The summed E-state index contributed by atoms with van der Waals surface area (Å²) in [6.07, 6.45) is 4.39. The van der Waals surface area contributed by atoms with Crippen LogP contribution in [0.25, 0.3) is 21.5 Å². The van der Waals surface area contributed by atoms with Crippen LogP contribution in [0.5, 0.6) is 0 Å². The Bertz CT molecular complexity index is 2210. The molecule has 44 heavy (non-hydrogen) atoms. The number of amides is 1. The summed E-state index contributed by atoms with van der Waals surface area (Å²) in [6.45, 7) is 0.0460. The van der Waals surface area contributed by atoms with Gasteiger partial charge in [-0.05, 0) is 60.2 Å². The van der Waals surface area contributed by atoms with Crippen LogP contribution >= 0.6 is 22.9 Å². The van der Waals surface area contributed by atoms with Gasteiger partial charge in [-0.1, -0.05) is 35.9 Å². The number of hydrogen-bond acceptors (Lipinski definition) is 6. The average Bonchev–Trinajstić information content (AvgIpc) is 3.65. The van der Waals surface area contributed by atoms with Crippen molar-refractivity contribution in [2.75, 3.05) is 0 Å². The van der Waals surface area contributed by atoms with Crippen molar-refractivity contribution >= 4 is 49.9 Å². The number of aromatic nitrogens is 3. The molecule has 0 unspecified atom stereocenters. The van der Waals surface area contributed by atoms with Gasteiger partial charge in [-0.15, -0.1) is 11.3 Å². The minimum Gasteiger partial charge on any atom is -0.347 e. The molecule has 1 N–H and O–H groups in total. The van der Waals surface area contributed by atoms with Crippen LogP contribution in [0.2, 0.25) is 5.02 Å². The van der Waals surface area contributed by atoms with E-state index >= 15 is 0 Å². The highest BCUT2D eigenvalue weighted by molar-refractivity contribution is 7.90. The summed E-state index contributed by atoms with van der Waals surface area (Å²) in [7, 11) is -3.97. The molecule has 4 aromatic heterocycles. The van der Waals surface area contributed by atoms with E-state index in [1.165, 1.54) is 64.8 Å². The zero-order valence-electron chi connectivity index (χ0n) is 22.6. The average molecular weight is 651 g/mol. The molecule has 2 aromatic carbocycles. The molecule has 0 aliphatic heterocycles. The van der Waals surface area contributed by atoms with Crippen molar-refractivity contribution in [2.24, 2.45) is 0 Å². The van der Waals surface area contributed by atoms with Crippen LogP contribution in [0, 0.1) is 11.6 Å². The van der Waals surface area contributed by atoms with Crippen LogP contribution in [-0.2, 0) is 23.1 Å². The molecule has 8 nitrogen and oxygen atoms in total. The van der Waals surface area contributed by atoms with Crippen molar-refractivity contribution in [3.63, 3.8) is 0 Å². The number of halogens is 3. The van der Waals surface area contributed by atoms with E-state index in [2.05, 4.69) is 10.3 Å². The van der Waals surface area contributed by atoms with Crippen molar-refractivity contribution in [1.82, 2.24) is 18.8 Å². The third-order valence-corrected chi connectivity index (χ3v) is 9.95. The van der Waals surface area contributed by atoms with Crippen molar-refractivity contribution in [3.05, 3.63) is 140 Å². The molecular formula is C31H21ClF2N4O4S2. The molecular weight excluding hydrogens is 630 g/mol. The first-order valence-corrected chi connectivity index (χ1v) is 15.7. The first kappa shape index (κ1) is 29.4. The molecule has 0 bridgehead atoms. The predicted octanol–water partition coefficient (Wildman–Crippen LogP) is 6.07. The van der Waals surface area contributed by atoms with Gasteiger partial charge in [0.15, 0.2) is 17.3 Å². The molecule has 13 heteroatoms. The normalized spacial score (nSPS) is 11.6. The van der Waals surface area contributed by atoms with Gasteiger partial charge in [0.1, 0.15) is 5.56 Å². The Hall–Kier alpha value is -4.65. The first-order chi connectivity index (χ1) is 21.1. The Kier molecular flexibility index (Phi) is 7.89. The smallest absolute Gasteiger partial charge is 0.269 e. The zero-order valence-corrected chi connectivity index (χ0v) is 25.0. The Labute approximate surface area is 258 Å². The summed E-state index contributed by atoms with van der Waals surface area (Å²) in [5.41, 5.74) is 0.407. The lowest BCUT2D eigenvalue weighted by Crippen LogP contribution is -2.32. The minimum atomic E-state index is -3.97. The van der Waals surface area contributed by atoms with Crippen LogP contribution in [0.1, 0.15) is 20.8 Å². The van der Waals surface area contributed by atoms with E-state index in [0.717, 1.165) is 21.0 Å². The third-order valence-electron chi connectivity index (χ3n) is 6.86. The van der Waals surface area contributed by atoms with Gasteiger partial charge >= 0.3 is 0 Å². The molecule has 4 heterocycles. The van der Waals surface area contributed by atoms with Crippen LogP contribution in [0.4, 0.5) is 8.78 Å². The zero-order chi connectivity index (χ0) is 31.0. The molecule has 6 rings (SSSR count). The van der Waals surface area contributed by atoms with Gasteiger partial charge in [0.2, 0.25) is 0 Å². The molecule has 1 amide bonds. The van der Waals surface area contributed by atoms with Crippen molar-refractivity contribution in [2.45, 2.75) is 18.0 Å². The van der Waals surface area contributed by atoms with E-state index in [-0.39, 0.29) is 29.2 Å². The summed E-state index contributed by atoms with van der Waals surface area (Å²) in [5.74, 6) is -2.63. The second-order valence-corrected chi connectivity index (χ2v) is 13.1. The Morgan fingerprint density at radius 3 is 2.55 bits per heavy atom. The van der Waals surface area contributed by atoms with Crippen LogP contribution in [-0.4, -0.2) is 27.8 Å². The van der Waals surface area contributed by atoms with E-state index in [1.807, 2.05) is 0 Å². The number of nitrogens with one attached hydrogen (secondary N) is 1. The number of hydrogen-bond donors (Lipinski definition) is 1. The van der Waals surface area contributed by atoms with Crippen molar-refractivity contribution in [3.8, 4) is 10.4 Å². The molecule has 0 atom stereocenters. The minimum absolute atomic E-state index is 0.0452. The molecule has 6 aromatic rings. The summed E-state index contributed by atoms with van der Waals surface area (Å²) in [5, 5.41) is 3.54. The molecule has 0 aliphatic rings. The van der Waals surface area contributed by atoms with Gasteiger partial charge in [-0.3, -0.25) is 9.59 Å². The highest BCUT2D eigenvalue weighted by atomic mass is 35.5. The molecule has 222 valence electrons. The van der Waals surface area contributed by atoms with Gasteiger partial charge in [-0.2, -0.15) is 0 Å². The van der Waals surface area contributed by atoms with Gasteiger partial charge in [-0.25, -0.2) is 26.2 Å². The van der Waals surface area contributed by atoms with Gasteiger partial charge in [0.05, 0.1) is 23.0 Å². The Morgan fingerprint density at radius 1 is 0.977 bits per heavy atom. The summed E-state index contributed by atoms with van der Waals surface area (Å²) in [4.78, 5) is 31.8. The largest absolute Gasteiger partial charge is 0.347 e. The van der Waals surface area contributed by atoms with E-state index in [1.54, 1.807) is 36.4 Å². The van der Waals surface area contributed by atoms with Gasteiger partial charge in [0.25, 0.3) is 21.5 Å². The van der Waals surface area contributed by atoms with Crippen LogP contribution in [0.15, 0.2) is 107 Å². The second-order valence-electron chi connectivity index (χ2n) is 9.70. The fraction of sp³-hybridized carbons (Fsp3) is 0.0645. The highest BCUT2D eigenvalue weighted by Gasteiger charge is 2.24. The summed E-state index contributed by atoms with van der Waals surface area (Å²) < 4.78 is 56.2. The molecule has 0 aliphatic carbocycles. The fourth-order valence-corrected chi connectivity index (χ4v) is 7.26. The van der Waals surface area contributed by atoms with Crippen molar-refractivity contribution in [1.29, 1.82) is 0 Å². The summed E-state index contributed by atoms with van der Waals surface area (Å²) in [6, 6.07) is 19.4. The number of thiophene rings is 1. The fourth-order valence-electron chi connectivity index (χ4n) is 4.71. The topological polar surface area (TPSA) is 103 Å². The lowest BCUT2D eigenvalue weighted by atomic mass is 10.2. The van der Waals surface area contributed by atoms with Crippen LogP contribution in [0.3, 0.4) is 0 Å². The lowest BCUT2D eigenvalue weighted by molar-refractivity contribution is 0.0949. The Morgan fingerprint density at radius 2 is 1.77 bits per heavy atom. The summed E-state index contributed by atoms with van der Waals surface area (Å²) >= 11 is 7.84. The number of nitrogens with zero attached hydrogens (tertiary/aromatic N) is 3. The first-order valence-electron chi connectivity index (χ1n) is 13.1. The SMILES string of the molecule is O=C(NCc1ccc(-c2cn(S(=O)(=O)c3ccccc3)c3nccc(Cl)c23)s1)c1cccn(Cc2ccc(F)c(F)c2)c1=O. The monoisotopic (exact) mass is 650 g/mol. The van der Waals surface area contributed by atoms with E-state index in [4.69, 9.17) is 11.6 Å². The van der Waals surface area contributed by atoms with E-state index < -0.39 is 33.1 Å². The van der Waals surface area contributed by atoms with E-state index in [9.17, 15) is 26.8 Å².